The molecule has 0 unspecified atom stereocenters. The third-order valence-corrected chi connectivity index (χ3v) is 15.6. The van der Waals surface area contributed by atoms with E-state index in [-0.39, 0.29) is 22.4 Å². The van der Waals surface area contributed by atoms with Crippen LogP contribution >= 0.6 is 0 Å². The zero-order chi connectivity index (χ0) is 40.9. The molecule has 10 aliphatic heterocycles. The van der Waals surface area contributed by atoms with Crippen molar-refractivity contribution < 1.29 is 23.7 Å². The number of hydrogen-bond donors (Lipinski definition) is 0. The molecule has 332 valence electrons. The first-order valence-electron chi connectivity index (χ1n) is 23.7. The maximum atomic E-state index is 6.00. The molecule has 5 spiro atoms. The minimum absolute atomic E-state index is 0.268. The van der Waals surface area contributed by atoms with E-state index in [4.69, 9.17) is 23.7 Å². The summed E-state index contributed by atoms with van der Waals surface area (Å²) in [7, 11) is 10.9. The van der Waals surface area contributed by atoms with Crippen LogP contribution in [0.2, 0.25) is 0 Å². The summed E-state index contributed by atoms with van der Waals surface area (Å²) in [5.41, 5.74) is 1.41. The van der Waals surface area contributed by atoms with Crippen LogP contribution in [0.5, 0.6) is 0 Å². The van der Waals surface area contributed by atoms with E-state index in [2.05, 4.69) is 94.4 Å². The molecule has 10 fully saturated rings. The van der Waals surface area contributed by atoms with Crippen molar-refractivity contribution in [3.8, 4) is 0 Å². The van der Waals surface area contributed by atoms with Gasteiger partial charge >= 0.3 is 0 Å². The summed E-state index contributed by atoms with van der Waals surface area (Å²) in [4.78, 5) is 11.8. The quantitative estimate of drug-likeness (QED) is 0.277. The number of rotatable bonds is 0. The third-order valence-electron chi connectivity index (χ3n) is 15.6. The van der Waals surface area contributed by atoms with Crippen molar-refractivity contribution in [2.75, 3.05) is 134 Å². The highest BCUT2D eigenvalue weighted by atomic mass is 16.5. The number of likely N-dealkylation sites (tertiary alicyclic amines) is 5. The van der Waals surface area contributed by atoms with E-state index in [0.29, 0.717) is 5.60 Å². The predicted molar refractivity (Wildman–Crippen MR) is 232 cm³/mol. The van der Waals surface area contributed by atoms with Crippen LogP contribution in [0.3, 0.4) is 0 Å². The molecule has 0 bridgehead atoms. The summed E-state index contributed by atoms with van der Waals surface area (Å²) in [5.74, 6) is 4.12. The van der Waals surface area contributed by atoms with Gasteiger partial charge < -0.3 is 48.2 Å². The number of hydrogen-bond acceptors (Lipinski definition) is 10. The maximum absolute atomic E-state index is 6.00. The molecule has 10 heteroatoms. The van der Waals surface area contributed by atoms with Crippen molar-refractivity contribution >= 4 is 0 Å². The van der Waals surface area contributed by atoms with Crippen LogP contribution < -0.4 is 0 Å². The lowest BCUT2D eigenvalue weighted by Gasteiger charge is -2.51. The van der Waals surface area contributed by atoms with Crippen LogP contribution in [-0.4, -0.2) is 186 Å². The molecule has 0 radical (unpaired) electrons. The Morgan fingerprint density at radius 2 is 0.719 bits per heavy atom. The Labute approximate surface area is 350 Å². The van der Waals surface area contributed by atoms with Gasteiger partial charge in [0.15, 0.2) is 0 Å². The van der Waals surface area contributed by atoms with Gasteiger partial charge in [0.05, 0.1) is 41.2 Å². The van der Waals surface area contributed by atoms with Gasteiger partial charge in [-0.15, -0.1) is 0 Å². The van der Waals surface area contributed by atoms with E-state index in [1.807, 2.05) is 0 Å². The molecular formula is C47H89N5O5. The molecule has 10 aliphatic rings. The zero-order valence-electron chi connectivity index (χ0n) is 38.8. The molecule has 0 amide bonds. The van der Waals surface area contributed by atoms with Crippen molar-refractivity contribution in [3.63, 3.8) is 0 Å². The van der Waals surface area contributed by atoms with Gasteiger partial charge in [0.1, 0.15) is 0 Å². The second kappa shape index (κ2) is 19.8. The molecule has 10 rings (SSSR count). The second-order valence-corrected chi connectivity index (χ2v) is 21.9. The molecule has 0 aromatic rings. The van der Waals surface area contributed by atoms with Gasteiger partial charge in [-0.05, 0) is 136 Å². The lowest BCUT2D eigenvalue weighted by molar-refractivity contribution is -0.217. The monoisotopic (exact) mass is 804 g/mol. The Balaban J connectivity index is 0.000000121. The largest absolute Gasteiger partial charge is 0.375 e. The zero-order valence-corrected chi connectivity index (χ0v) is 38.8. The van der Waals surface area contributed by atoms with Crippen LogP contribution in [0.4, 0.5) is 0 Å². The van der Waals surface area contributed by atoms with E-state index in [9.17, 15) is 0 Å². The molecular weight excluding hydrogens is 715 g/mol. The molecule has 0 aromatic carbocycles. The minimum Gasteiger partial charge on any atom is -0.375 e. The molecule has 10 nitrogen and oxygen atoms in total. The first-order chi connectivity index (χ1) is 27.0. The Morgan fingerprint density at radius 1 is 0.368 bits per heavy atom. The molecule has 10 heterocycles. The van der Waals surface area contributed by atoms with Crippen molar-refractivity contribution in [1.29, 1.82) is 0 Å². The smallest absolute Gasteiger partial charge is 0.0938 e. The second-order valence-electron chi connectivity index (χ2n) is 21.9. The minimum atomic E-state index is 0.268. The van der Waals surface area contributed by atoms with Crippen molar-refractivity contribution in [3.05, 3.63) is 0 Å². The molecule has 0 N–H and O–H groups in total. The molecule has 57 heavy (non-hydrogen) atoms. The molecule has 0 aliphatic carbocycles. The van der Waals surface area contributed by atoms with E-state index >= 15 is 0 Å². The van der Waals surface area contributed by atoms with E-state index < -0.39 is 0 Å². The van der Waals surface area contributed by atoms with Gasteiger partial charge in [-0.2, -0.15) is 0 Å². The molecule has 10 saturated heterocycles. The first-order valence-corrected chi connectivity index (χ1v) is 23.7. The van der Waals surface area contributed by atoms with E-state index in [0.717, 1.165) is 88.8 Å². The van der Waals surface area contributed by atoms with Gasteiger partial charge in [0.25, 0.3) is 0 Å². The van der Waals surface area contributed by atoms with Gasteiger partial charge in [-0.3, -0.25) is 0 Å². The Kier molecular flexibility index (Phi) is 16.0. The summed E-state index contributed by atoms with van der Waals surface area (Å²) < 4.78 is 29.1. The third kappa shape index (κ3) is 12.4. The van der Waals surface area contributed by atoms with Crippen molar-refractivity contribution in [1.82, 2.24) is 24.5 Å². The number of piperidine rings is 3. The fourth-order valence-corrected chi connectivity index (χ4v) is 11.9. The number of nitrogens with zero attached hydrogens (tertiary/aromatic N) is 5. The molecule has 5 atom stereocenters. The Morgan fingerprint density at radius 3 is 1.07 bits per heavy atom. The summed E-state index contributed by atoms with van der Waals surface area (Å²) in [6.07, 6.45) is 15.1. The topological polar surface area (TPSA) is 62.4 Å². The highest BCUT2D eigenvalue weighted by Gasteiger charge is 2.48. The van der Waals surface area contributed by atoms with E-state index in [1.165, 1.54) is 116 Å². The normalized spacial score (nSPS) is 36.6. The standard InChI is InChI=1S/C11H21NO.C10H19NO.2C9H17NO.C8H15NO/c1-10-3-8-13-11(9-10)4-6-12(2)7-5-11;1-9-7-10(12-8-9)3-5-11(2)6-4-10;1-8-7-11-9(8)3-5-10(2)6-4-9;1-8-3-4-11-9(5-8)6-10(2)7-9;1-7-3-8(10-4-7)5-9(2)6-8/h10H,3-9H2,1-2H3;9H,3-8H2,1-2H3;2*8H,3-7H2,1-2H3;7H,3-6H2,1-2H3/t10-;9-;2*8-;7-/m10110/s1. The van der Waals surface area contributed by atoms with E-state index in [1.54, 1.807) is 0 Å². The van der Waals surface area contributed by atoms with Crippen molar-refractivity contribution in [2.24, 2.45) is 29.6 Å². The summed E-state index contributed by atoms with van der Waals surface area (Å²) in [5, 5.41) is 0. The average Bonchev–Trinajstić information content (AvgIpc) is 3.73. The lowest BCUT2D eigenvalue weighted by Crippen LogP contribution is -2.63. The fourth-order valence-electron chi connectivity index (χ4n) is 11.9. The predicted octanol–water partition coefficient (Wildman–Crippen LogP) is 6.37. The Bertz CT molecular complexity index is 1190. The van der Waals surface area contributed by atoms with Crippen LogP contribution in [0.15, 0.2) is 0 Å². The van der Waals surface area contributed by atoms with Crippen LogP contribution in [0.25, 0.3) is 0 Å². The first kappa shape index (κ1) is 46.1. The fraction of sp³-hybridized carbons (Fsp3) is 1.00. The van der Waals surface area contributed by atoms with Gasteiger partial charge in [-0.1, -0.05) is 34.6 Å². The van der Waals surface area contributed by atoms with Gasteiger partial charge in [-0.25, -0.2) is 0 Å². The van der Waals surface area contributed by atoms with Crippen LogP contribution in [0, 0.1) is 29.6 Å². The molecule has 0 aromatic heterocycles. The highest BCUT2D eigenvalue weighted by Crippen LogP contribution is 2.42. The number of likely N-dealkylation sites (N-methyl/N-ethyl adjacent to an activating group) is 2. The Hall–Kier alpha value is -0.400. The highest BCUT2D eigenvalue weighted by molar-refractivity contribution is 5.01. The summed E-state index contributed by atoms with van der Waals surface area (Å²) >= 11 is 0. The number of ether oxygens (including phenoxy) is 5. The summed E-state index contributed by atoms with van der Waals surface area (Å²) in [6, 6.07) is 0. The summed E-state index contributed by atoms with van der Waals surface area (Å²) in [6.45, 7) is 28.4. The maximum Gasteiger partial charge on any atom is 0.0938 e. The van der Waals surface area contributed by atoms with Crippen LogP contribution in [0.1, 0.15) is 112 Å². The van der Waals surface area contributed by atoms with Crippen molar-refractivity contribution in [2.45, 2.75) is 140 Å². The van der Waals surface area contributed by atoms with Gasteiger partial charge in [0.2, 0.25) is 0 Å². The average molecular weight is 804 g/mol. The SMILES string of the molecule is C[C@@H]1CCOC2(C1)CN(C)C2.C[C@@H]1CCOC2(CCN(C)CC2)C1.C[C@@H]1COC12CCN(C)CC2.C[C@@H]1COC2(C1)CN(C)C2.C[C@@H]1COC2(CCN(C)CC2)C1. The lowest BCUT2D eigenvalue weighted by atomic mass is 9.76. The van der Waals surface area contributed by atoms with Gasteiger partial charge in [0, 0.05) is 91.2 Å². The molecule has 0 saturated carbocycles. The van der Waals surface area contributed by atoms with Crippen LogP contribution in [-0.2, 0) is 23.7 Å².